The number of carboxylic acid groups (broad SMARTS) is 1. The fourth-order valence-electron chi connectivity index (χ4n) is 3.31. The van der Waals surface area contributed by atoms with Gasteiger partial charge in [-0.3, -0.25) is 4.21 Å². The largest absolute Gasteiger partial charge is 0.478 e. The molecule has 4 rings (SSSR count). The highest BCUT2D eigenvalue weighted by Gasteiger charge is 2.18. The van der Waals surface area contributed by atoms with Gasteiger partial charge in [-0.2, -0.15) is 0 Å². The fourth-order valence-corrected chi connectivity index (χ4v) is 4.78. The molecule has 2 heterocycles. The zero-order chi connectivity index (χ0) is 21.3. The van der Waals surface area contributed by atoms with E-state index in [-0.39, 0.29) is 5.56 Å². The summed E-state index contributed by atoms with van der Waals surface area (Å²) >= 11 is 1.53. The molecule has 0 bridgehead atoms. The van der Waals surface area contributed by atoms with Crippen molar-refractivity contribution in [2.24, 2.45) is 0 Å². The van der Waals surface area contributed by atoms with Crippen LogP contribution in [-0.2, 0) is 17.2 Å². The molecule has 2 aromatic heterocycles. The summed E-state index contributed by atoms with van der Waals surface area (Å²) in [6.45, 7) is 2.05. The molecule has 2 aromatic carbocycles. The molecule has 0 aliphatic heterocycles. The lowest BCUT2D eigenvalue weighted by atomic mass is 10.0. The van der Waals surface area contributed by atoms with Crippen LogP contribution in [0.1, 0.15) is 22.8 Å². The van der Waals surface area contributed by atoms with Crippen LogP contribution in [0, 0.1) is 0 Å². The smallest absolute Gasteiger partial charge is 0.335 e. The van der Waals surface area contributed by atoms with E-state index in [4.69, 9.17) is 4.98 Å². The summed E-state index contributed by atoms with van der Waals surface area (Å²) in [5.41, 5.74) is 6.03. The minimum Gasteiger partial charge on any atom is -0.478 e. The van der Waals surface area contributed by atoms with Crippen molar-refractivity contribution in [3.05, 3.63) is 65.2 Å². The van der Waals surface area contributed by atoms with E-state index < -0.39 is 16.8 Å². The Morgan fingerprint density at radius 1 is 1.20 bits per heavy atom. The van der Waals surface area contributed by atoms with Crippen molar-refractivity contribution in [2.75, 3.05) is 11.6 Å². The highest BCUT2D eigenvalue weighted by molar-refractivity contribution is 7.84. The van der Waals surface area contributed by atoms with Gasteiger partial charge in [0, 0.05) is 33.2 Å². The van der Waals surface area contributed by atoms with Crippen molar-refractivity contribution in [1.29, 1.82) is 0 Å². The number of rotatable bonds is 6. The highest BCUT2D eigenvalue weighted by atomic mass is 32.2. The minimum atomic E-state index is -1.09. The molecule has 0 spiro atoms. The van der Waals surface area contributed by atoms with Crippen LogP contribution in [0.2, 0.25) is 0 Å². The van der Waals surface area contributed by atoms with Crippen LogP contribution in [0.15, 0.2) is 58.9 Å². The number of hydrogen-bond donors (Lipinski definition) is 2. The Kier molecular flexibility index (Phi) is 5.61. The fraction of sp³-hybridized carbons (Fsp3) is 0.136. The van der Waals surface area contributed by atoms with E-state index in [1.165, 1.54) is 11.3 Å². The molecule has 0 aliphatic carbocycles. The molecule has 8 heteroatoms. The predicted octanol–water partition coefficient (Wildman–Crippen LogP) is 5.10. The van der Waals surface area contributed by atoms with Crippen molar-refractivity contribution in [1.82, 2.24) is 9.97 Å². The molecule has 152 valence electrons. The summed E-state index contributed by atoms with van der Waals surface area (Å²) < 4.78 is 12.9. The number of nitrogens with zero attached hydrogens (tertiary/aromatic N) is 2. The Hall–Kier alpha value is -3.10. The molecule has 2 N–H and O–H groups in total. The van der Waals surface area contributed by atoms with Crippen molar-refractivity contribution in [2.45, 2.75) is 18.2 Å². The molecule has 1 atom stereocenters. The van der Waals surface area contributed by atoms with Crippen LogP contribution >= 0.6 is 11.3 Å². The maximum atomic E-state index is 11.8. The molecule has 6 nitrogen and oxygen atoms in total. The lowest BCUT2D eigenvalue weighted by Gasteiger charge is -2.14. The van der Waals surface area contributed by atoms with E-state index in [1.54, 1.807) is 30.0 Å². The van der Waals surface area contributed by atoms with E-state index >= 15 is 0 Å². The minimum absolute atomic E-state index is 0.216. The summed E-state index contributed by atoms with van der Waals surface area (Å²) in [6.07, 6.45) is 2.38. The van der Waals surface area contributed by atoms with Crippen LogP contribution in [0.3, 0.4) is 0 Å². The third kappa shape index (κ3) is 3.83. The van der Waals surface area contributed by atoms with E-state index in [0.29, 0.717) is 10.7 Å². The average Bonchev–Trinajstić information content (AvgIpc) is 3.24. The van der Waals surface area contributed by atoms with Gasteiger partial charge >= 0.3 is 5.97 Å². The first-order valence-corrected chi connectivity index (χ1v) is 11.7. The first-order chi connectivity index (χ1) is 14.5. The van der Waals surface area contributed by atoms with Crippen molar-refractivity contribution in [3.8, 4) is 11.3 Å². The quantitative estimate of drug-likeness (QED) is 0.436. The van der Waals surface area contributed by atoms with Crippen molar-refractivity contribution in [3.63, 3.8) is 0 Å². The number of anilines is 2. The molecular formula is C22H19N3O3S2. The molecule has 0 radical (unpaired) electrons. The third-order valence-electron chi connectivity index (χ3n) is 4.74. The van der Waals surface area contributed by atoms with Crippen LogP contribution in [0.5, 0.6) is 0 Å². The number of aromatic carboxylic acids is 1. The third-order valence-corrected chi connectivity index (χ3v) is 6.54. The average molecular weight is 438 g/mol. The summed E-state index contributed by atoms with van der Waals surface area (Å²) in [4.78, 5) is 21.5. The zero-order valence-electron chi connectivity index (χ0n) is 16.4. The second-order valence-corrected chi connectivity index (χ2v) is 8.90. The Balaban J connectivity index is 1.88. The van der Waals surface area contributed by atoms with Gasteiger partial charge in [-0.15, -0.1) is 11.3 Å². The van der Waals surface area contributed by atoms with Gasteiger partial charge in [0.15, 0.2) is 5.82 Å². The molecule has 1 unspecified atom stereocenters. The second-order valence-electron chi connectivity index (χ2n) is 6.66. The topological polar surface area (TPSA) is 92.2 Å². The molecule has 30 heavy (non-hydrogen) atoms. The maximum absolute atomic E-state index is 11.8. The summed E-state index contributed by atoms with van der Waals surface area (Å²) in [6, 6.07) is 14.2. The van der Waals surface area contributed by atoms with E-state index in [2.05, 4.69) is 10.3 Å². The van der Waals surface area contributed by atoms with Gasteiger partial charge in [-0.1, -0.05) is 25.1 Å². The van der Waals surface area contributed by atoms with Gasteiger partial charge in [-0.25, -0.2) is 14.8 Å². The van der Waals surface area contributed by atoms with Crippen LogP contribution < -0.4 is 5.32 Å². The number of carboxylic acids is 1. The number of aromatic nitrogens is 2. The Morgan fingerprint density at radius 2 is 2.00 bits per heavy atom. The molecular weight excluding hydrogens is 418 g/mol. The summed E-state index contributed by atoms with van der Waals surface area (Å²) in [5, 5.41) is 12.7. The molecule has 0 fully saturated rings. The number of nitrogens with one attached hydrogen (secondary N) is 1. The van der Waals surface area contributed by atoms with Crippen LogP contribution in [0.25, 0.3) is 21.5 Å². The summed E-state index contributed by atoms with van der Waals surface area (Å²) in [5.74, 6) is -0.394. The van der Waals surface area contributed by atoms with Gasteiger partial charge in [-0.05, 0) is 42.3 Å². The van der Waals surface area contributed by atoms with Gasteiger partial charge in [0.25, 0.3) is 0 Å². The maximum Gasteiger partial charge on any atom is 0.335 e. The van der Waals surface area contributed by atoms with Gasteiger partial charge in [0.2, 0.25) is 0 Å². The van der Waals surface area contributed by atoms with Crippen LogP contribution in [0.4, 0.5) is 11.5 Å². The van der Waals surface area contributed by atoms with Crippen LogP contribution in [-0.4, -0.2) is 31.5 Å². The van der Waals surface area contributed by atoms with E-state index in [9.17, 15) is 14.1 Å². The number of fused-ring (bicyclic) bond motifs is 1. The van der Waals surface area contributed by atoms with Crippen molar-refractivity contribution >= 4 is 49.8 Å². The molecule has 0 amide bonds. The first-order valence-electron chi connectivity index (χ1n) is 9.28. The predicted molar refractivity (Wildman–Crippen MR) is 121 cm³/mol. The molecule has 0 saturated carbocycles. The Labute approximate surface area is 180 Å². The van der Waals surface area contributed by atoms with Gasteiger partial charge in [0.05, 0.1) is 21.5 Å². The normalized spacial score (nSPS) is 12.1. The number of hydrogen-bond acceptors (Lipinski definition) is 6. The molecule has 0 saturated heterocycles. The number of aryl methyl sites for hydroxylation is 1. The van der Waals surface area contributed by atoms with E-state index in [1.807, 2.05) is 37.3 Å². The van der Waals surface area contributed by atoms with Crippen molar-refractivity contribution < 1.29 is 14.1 Å². The number of pyridine rings is 1. The monoisotopic (exact) mass is 437 g/mol. The van der Waals surface area contributed by atoms with Gasteiger partial charge < -0.3 is 10.4 Å². The van der Waals surface area contributed by atoms with Gasteiger partial charge in [0.1, 0.15) is 5.52 Å². The SMILES string of the molecule is CCc1c(-c2cccc(C(=O)O)c2)nc(Nc2cccc(S(C)=O)c2)c2ncsc12. The summed E-state index contributed by atoms with van der Waals surface area (Å²) in [7, 11) is -1.09. The number of benzene rings is 2. The standard InChI is InChI=1S/C22H19N3O3S2/c1-3-17-18(13-6-4-7-14(10-13)22(26)27)25-21(19-20(17)29-12-23-19)24-15-8-5-9-16(11-15)30(2)28/h4-12H,3H2,1-2H3,(H,24,25)(H,26,27). The Bertz CT molecular complexity index is 1280. The Morgan fingerprint density at radius 3 is 2.73 bits per heavy atom. The number of carbonyl (C=O) groups is 1. The highest BCUT2D eigenvalue weighted by Crippen LogP contribution is 2.36. The first kappa shape index (κ1) is 20.2. The lowest BCUT2D eigenvalue weighted by molar-refractivity contribution is 0.0697. The molecule has 4 aromatic rings. The second kappa shape index (κ2) is 8.33. The van der Waals surface area contributed by atoms with E-state index in [0.717, 1.165) is 39.1 Å². The zero-order valence-corrected chi connectivity index (χ0v) is 18.0. The molecule has 0 aliphatic rings. The number of thiazole rings is 1. The lowest BCUT2D eigenvalue weighted by Crippen LogP contribution is -2.02.